The highest BCUT2D eigenvalue weighted by molar-refractivity contribution is 5.95. The van der Waals surface area contributed by atoms with E-state index in [9.17, 15) is 4.79 Å². The maximum Gasteiger partial charge on any atom is 0.262 e. The average Bonchev–Trinajstić information content (AvgIpc) is 2.25. The van der Waals surface area contributed by atoms with E-state index >= 15 is 0 Å². The predicted molar refractivity (Wildman–Crippen MR) is 54.5 cm³/mol. The second kappa shape index (κ2) is 4.01. The molecule has 0 atom stereocenters. The van der Waals surface area contributed by atoms with Crippen molar-refractivity contribution in [2.24, 2.45) is 0 Å². The molecule has 1 aliphatic heterocycles. The third kappa shape index (κ3) is 2.08. The molecule has 1 aliphatic rings. The van der Waals surface area contributed by atoms with Gasteiger partial charge in [0, 0.05) is 6.42 Å². The van der Waals surface area contributed by atoms with Gasteiger partial charge in [-0.15, -0.1) is 0 Å². The van der Waals surface area contributed by atoms with Gasteiger partial charge >= 0.3 is 0 Å². The van der Waals surface area contributed by atoms with E-state index in [-0.39, 0.29) is 12.5 Å². The number of ether oxygens (including phenoxy) is 1. The second-order valence-corrected chi connectivity index (χ2v) is 3.33. The summed E-state index contributed by atoms with van der Waals surface area (Å²) in [6, 6.07) is 7.67. The van der Waals surface area contributed by atoms with Crippen LogP contribution >= 0.6 is 0 Å². The van der Waals surface area contributed by atoms with Crippen LogP contribution in [0.2, 0.25) is 0 Å². The number of anilines is 1. The summed E-state index contributed by atoms with van der Waals surface area (Å²) in [6.45, 7) is 0.0740. The summed E-state index contributed by atoms with van der Waals surface area (Å²) in [7, 11) is 0. The molecule has 1 amide bonds. The lowest BCUT2D eigenvalue weighted by Gasteiger charge is -2.18. The molecule has 0 aromatic heterocycles. The van der Waals surface area contributed by atoms with Crippen molar-refractivity contribution in [1.82, 2.24) is 0 Å². The number of nitrogens with zero attached hydrogens (tertiary/aromatic N) is 1. The number of benzene rings is 1. The van der Waals surface area contributed by atoms with Gasteiger partial charge in [-0.1, -0.05) is 6.07 Å². The fraction of sp³-hybridized carbons (Fsp3) is 0.273. The Morgan fingerprint density at radius 2 is 2.40 bits per heavy atom. The Bertz CT molecular complexity index is 435. The molecule has 1 N–H and O–H groups in total. The van der Waals surface area contributed by atoms with E-state index in [0.717, 1.165) is 5.56 Å². The highest BCUT2D eigenvalue weighted by Crippen LogP contribution is 2.28. The summed E-state index contributed by atoms with van der Waals surface area (Å²) in [5, 5.41) is 11.2. The largest absolute Gasteiger partial charge is 0.482 e. The van der Waals surface area contributed by atoms with E-state index in [1.54, 1.807) is 0 Å². The van der Waals surface area contributed by atoms with Crippen molar-refractivity contribution in [3.8, 4) is 11.8 Å². The minimum Gasteiger partial charge on any atom is -0.482 e. The molecule has 0 radical (unpaired) electrons. The van der Waals surface area contributed by atoms with E-state index in [2.05, 4.69) is 11.4 Å². The number of hydrogen-bond donors (Lipinski definition) is 1. The van der Waals surface area contributed by atoms with Crippen molar-refractivity contribution in [2.75, 3.05) is 11.9 Å². The highest BCUT2D eigenvalue weighted by atomic mass is 16.5. The van der Waals surface area contributed by atoms with Gasteiger partial charge in [0.15, 0.2) is 6.61 Å². The summed E-state index contributed by atoms with van der Waals surface area (Å²) in [6.07, 6.45) is 1.17. The van der Waals surface area contributed by atoms with Gasteiger partial charge in [0.25, 0.3) is 5.91 Å². The minimum absolute atomic E-state index is 0.0740. The lowest BCUT2D eigenvalue weighted by atomic mass is 10.1. The summed E-state index contributed by atoms with van der Waals surface area (Å²) in [5.74, 6) is 0.551. The van der Waals surface area contributed by atoms with Crippen molar-refractivity contribution in [3.63, 3.8) is 0 Å². The number of nitrogens with one attached hydrogen (secondary N) is 1. The molecule has 0 saturated heterocycles. The average molecular weight is 202 g/mol. The number of carbonyl (C=O) groups excluding carboxylic acids is 1. The smallest absolute Gasteiger partial charge is 0.262 e. The highest BCUT2D eigenvalue weighted by Gasteiger charge is 2.15. The molecule has 15 heavy (non-hydrogen) atoms. The van der Waals surface area contributed by atoms with Crippen LogP contribution in [0.15, 0.2) is 18.2 Å². The van der Waals surface area contributed by atoms with Gasteiger partial charge in [0.1, 0.15) is 5.75 Å². The van der Waals surface area contributed by atoms with E-state index < -0.39 is 0 Å². The molecule has 1 aromatic rings. The van der Waals surface area contributed by atoms with Crippen molar-refractivity contribution < 1.29 is 9.53 Å². The first-order chi connectivity index (χ1) is 7.29. The van der Waals surface area contributed by atoms with E-state index in [0.29, 0.717) is 24.3 Å². The molecule has 0 aliphatic carbocycles. The topological polar surface area (TPSA) is 62.1 Å². The van der Waals surface area contributed by atoms with Crippen LogP contribution in [0, 0.1) is 11.3 Å². The Labute approximate surface area is 87.5 Å². The van der Waals surface area contributed by atoms with Crippen LogP contribution in [-0.4, -0.2) is 12.5 Å². The van der Waals surface area contributed by atoms with E-state index in [1.165, 1.54) is 0 Å². The Morgan fingerprint density at radius 1 is 1.53 bits per heavy atom. The van der Waals surface area contributed by atoms with Gasteiger partial charge in [-0.2, -0.15) is 5.26 Å². The first-order valence-corrected chi connectivity index (χ1v) is 4.72. The summed E-state index contributed by atoms with van der Waals surface area (Å²) in [4.78, 5) is 11.1. The standard InChI is InChI=1S/C11H10N2O2/c12-5-1-2-8-3-4-10-9(6-8)13-11(14)7-15-10/h3-4,6H,1-2,7H2,(H,13,14). The SMILES string of the molecule is N#CCCc1ccc2c(c1)NC(=O)CO2. The summed E-state index contributed by atoms with van der Waals surface area (Å²) in [5.41, 5.74) is 1.72. The fourth-order valence-electron chi connectivity index (χ4n) is 1.49. The molecule has 0 fully saturated rings. The Balaban J connectivity index is 2.21. The third-order valence-corrected chi connectivity index (χ3v) is 2.20. The maximum atomic E-state index is 11.1. The zero-order valence-electron chi connectivity index (χ0n) is 8.12. The Hall–Kier alpha value is -2.02. The van der Waals surface area contributed by atoms with Gasteiger partial charge in [-0.25, -0.2) is 0 Å². The second-order valence-electron chi connectivity index (χ2n) is 3.33. The summed E-state index contributed by atoms with van der Waals surface area (Å²) < 4.78 is 5.22. The lowest BCUT2D eigenvalue weighted by Crippen LogP contribution is -2.25. The fourth-order valence-corrected chi connectivity index (χ4v) is 1.49. The first-order valence-electron chi connectivity index (χ1n) is 4.72. The molecule has 0 spiro atoms. The minimum atomic E-state index is -0.139. The molecule has 0 bridgehead atoms. The van der Waals surface area contributed by atoms with Crippen LogP contribution in [0.5, 0.6) is 5.75 Å². The van der Waals surface area contributed by atoms with Crippen LogP contribution in [0.4, 0.5) is 5.69 Å². The quantitative estimate of drug-likeness (QED) is 0.789. The van der Waals surface area contributed by atoms with Crippen LogP contribution in [0.25, 0.3) is 0 Å². The van der Waals surface area contributed by atoms with Crippen LogP contribution in [-0.2, 0) is 11.2 Å². The normalized spacial score (nSPS) is 13.4. The molecular formula is C11H10N2O2. The molecule has 4 heteroatoms. The first kappa shape index (κ1) is 9.53. The van der Waals surface area contributed by atoms with Gasteiger partial charge in [0.2, 0.25) is 0 Å². The Morgan fingerprint density at radius 3 is 3.20 bits per heavy atom. The molecule has 1 aromatic carbocycles. The predicted octanol–water partition coefficient (Wildman–Crippen LogP) is 1.47. The van der Waals surface area contributed by atoms with Crippen LogP contribution < -0.4 is 10.1 Å². The number of hydrogen-bond acceptors (Lipinski definition) is 3. The molecule has 0 unspecified atom stereocenters. The molecule has 1 heterocycles. The van der Waals surface area contributed by atoms with Crippen molar-refractivity contribution >= 4 is 11.6 Å². The molecule has 2 rings (SSSR count). The number of carbonyl (C=O) groups is 1. The van der Waals surface area contributed by atoms with Crippen molar-refractivity contribution in [3.05, 3.63) is 23.8 Å². The molecule has 4 nitrogen and oxygen atoms in total. The van der Waals surface area contributed by atoms with E-state index in [4.69, 9.17) is 10.00 Å². The van der Waals surface area contributed by atoms with E-state index in [1.807, 2.05) is 18.2 Å². The van der Waals surface area contributed by atoms with Gasteiger partial charge < -0.3 is 10.1 Å². The van der Waals surface area contributed by atoms with Crippen LogP contribution in [0.1, 0.15) is 12.0 Å². The van der Waals surface area contributed by atoms with Gasteiger partial charge in [0.05, 0.1) is 11.8 Å². The molecule has 0 saturated carbocycles. The summed E-state index contributed by atoms with van der Waals surface area (Å²) >= 11 is 0. The lowest BCUT2D eigenvalue weighted by molar-refractivity contribution is -0.118. The maximum absolute atomic E-state index is 11.1. The number of rotatable bonds is 2. The number of fused-ring (bicyclic) bond motifs is 1. The molecular weight excluding hydrogens is 192 g/mol. The molecule has 76 valence electrons. The van der Waals surface area contributed by atoms with Crippen LogP contribution in [0.3, 0.4) is 0 Å². The van der Waals surface area contributed by atoms with Crippen molar-refractivity contribution in [1.29, 1.82) is 5.26 Å². The monoisotopic (exact) mass is 202 g/mol. The number of aryl methyl sites for hydroxylation is 1. The number of nitriles is 1. The zero-order chi connectivity index (χ0) is 10.7. The van der Waals surface area contributed by atoms with Gasteiger partial charge in [-0.3, -0.25) is 4.79 Å². The zero-order valence-corrected chi connectivity index (χ0v) is 8.12. The van der Waals surface area contributed by atoms with Gasteiger partial charge in [-0.05, 0) is 24.1 Å². The third-order valence-electron chi connectivity index (χ3n) is 2.20. The Kier molecular flexibility index (Phi) is 2.55. The number of amides is 1. The van der Waals surface area contributed by atoms with Crippen molar-refractivity contribution in [2.45, 2.75) is 12.8 Å².